The van der Waals surface area contributed by atoms with Gasteiger partial charge in [0.2, 0.25) is 5.91 Å². The van der Waals surface area contributed by atoms with Crippen LogP contribution in [0.15, 0.2) is 36.5 Å². The van der Waals surface area contributed by atoms with Crippen molar-refractivity contribution >= 4 is 23.4 Å². The molecule has 1 aliphatic rings. The van der Waals surface area contributed by atoms with Crippen molar-refractivity contribution in [2.24, 2.45) is 0 Å². The average molecular weight is 323 g/mol. The molecule has 1 aromatic carbocycles. The molecule has 6 nitrogen and oxygen atoms in total. The van der Waals surface area contributed by atoms with Gasteiger partial charge in [0, 0.05) is 24.8 Å². The van der Waals surface area contributed by atoms with Gasteiger partial charge in [0.1, 0.15) is 5.69 Å². The zero-order valence-electron chi connectivity index (χ0n) is 13.5. The Morgan fingerprint density at radius 3 is 2.71 bits per heavy atom. The number of benzene rings is 1. The SMILES string of the molecule is Cc1ccc(C)c(NC(=O)CCN2C(=O)c3cccnc3C2=O)c1. The van der Waals surface area contributed by atoms with E-state index in [4.69, 9.17) is 0 Å². The van der Waals surface area contributed by atoms with Gasteiger partial charge in [-0.25, -0.2) is 0 Å². The Balaban J connectivity index is 1.64. The highest BCUT2D eigenvalue weighted by molar-refractivity contribution is 6.20. The van der Waals surface area contributed by atoms with Gasteiger partial charge in [-0.05, 0) is 43.2 Å². The quantitative estimate of drug-likeness (QED) is 0.876. The second kappa shape index (κ2) is 6.23. The number of rotatable bonds is 4. The number of nitrogens with zero attached hydrogens (tertiary/aromatic N) is 2. The first-order valence-electron chi connectivity index (χ1n) is 7.65. The van der Waals surface area contributed by atoms with Crippen LogP contribution in [0.4, 0.5) is 5.69 Å². The van der Waals surface area contributed by atoms with Crippen LogP contribution in [0.5, 0.6) is 0 Å². The zero-order valence-corrected chi connectivity index (χ0v) is 13.5. The van der Waals surface area contributed by atoms with E-state index in [0.29, 0.717) is 0 Å². The molecule has 2 aromatic rings. The van der Waals surface area contributed by atoms with E-state index in [0.717, 1.165) is 21.7 Å². The van der Waals surface area contributed by atoms with Crippen molar-refractivity contribution in [3.05, 3.63) is 58.9 Å². The molecule has 1 N–H and O–H groups in total. The van der Waals surface area contributed by atoms with E-state index in [2.05, 4.69) is 10.3 Å². The number of aryl methyl sites for hydroxylation is 2. The molecule has 0 fully saturated rings. The summed E-state index contributed by atoms with van der Waals surface area (Å²) in [6.45, 7) is 3.89. The summed E-state index contributed by atoms with van der Waals surface area (Å²) in [6.07, 6.45) is 1.51. The van der Waals surface area contributed by atoms with Crippen molar-refractivity contribution in [3.8, 4) is 0 Å². The summed E-state index contributed by atoms with van der Waals surface area (Å²) in [4.78, 5) is 41.6. The molecule has 0 bridgehead atoms. The van der Waals surface area contributed by atoms with Gasteiger partial charge in [0.15, 0.2) is 0 Å². The number of carbonyl (C=O) groups excluding carboxylic acids is 3. The molecular formula is C18H17N3O3. The monoisotopic (exact) mass is 323 g/mol. The van der Waals surface area contributed by atoms with E-state index in [1.807, 2.05) is 32.0 Å². The summed E-state index contributed by atoms with van der Waals surface area (Å²) in [5.74, 6) is -1.09. The summed E-state index contributed by atoms with van der Waals surface area (Å²) >= 11 is 0. The first-order valence-corrected chi connectivity index (χ1v) is 7.65. The Bertz CT molecular complexity index is 810. The van der Waals surface area contributed by atoms with Gasteiger partial charge < -0.3 is 5.32 Å². The third kappa shape index (κ3) is 2.90. The maximum absolute atomic E-state index is 12.2. The number of anilines is 1. The molecule has 0 aliphatic carbocycles. The molecule has 0 unspecified atom stereocenters. The van der Waals surface area contributed by atoms with Gasteiger partial charge in [-0.2, -0.15) is 0 Å². The first-order chi connectivity index (χ1) is 11.5. The number of carbonyl (C=O) groups is 3. The maximum Gasteiger partial charge on any atom is 0.280 e. The maximum atomic E-state index is 12.2. The third-order valence-corrected chi connectivity index (χ3v) is 3.96. The van der Waals surface area contributed by atoms with Crippen LogP contribution in [-0.4, -0.2) is 34.2 Å². The van der Waals surface area contributed by atoms with E-state index in [9.17, 15) is 14.4 Å². The Morgan fingerprint density at radius 1 is 1.17 bits per heavy atom. The topological polar surface area (TPSA) is 79.4 Å². The van der Waals surface area contributed by atoms with Gasteiger partial charge in [-0.3, -0.25) is 24.3 Å². The van der Waals surface area contributed by atoms with Gasteiger partial charge in [-0.1, -0.05) is 12.1 Å². The predicted octanol–water partition coefficient (Wildman–Crippen LogP) is 2.32. The van der Waals surface area contributed by atoms with Crippen molar-refractivity contribution < 1.29 is 14.4 Å². The second-order valence-electron chi connectivity index (χ2n) is 5.78. The normalized spacial score (nSPS) is 13.2. The van der Waals surface area contributed by atoms with Crippen LogP contribution >= 0.6 is 0 Å². The molecule has 0 saturated carbocycles. The molecule has 2 heterocycles. The van der Waals surface area contributed by atoms with Crippen LogP contribution in [0.25, 0.3) is 0 Å². The fraction of sp³-hybridized carbons (Fsp3) is 0.222. The summed E-state index contributed by atoms with van der Waals surface area (Å²) in [7, 11) is 0. The molecule has 1 aromatic heterocycles. The van der Waals surface area contributed by atoms with Crippen LogP contribution in [0.1, 0.15) is 38.4 Å². The van der Waals surface area contributed by atoms with Crippen molar-refractivity contribution in [3.63, 3.8) is 0 Å². The summed E-state index contributed by atoms with van der Waals surface area (Å²) < 4.78 is 0. The molecular weight excluding hydrogens is 306 g/mol. The Hall–Kier alpha value is -3.02. The lowest BCUT2D eigenvalue weighted by Gasteiger charge is -2.14. The van der Waals surface area contributed by atoms with E-state index in [-0.39, 0.29) is 30.1 Å². The van der Waals surface area contributed by atoms with E-state index in [1.165, 1.54) is 6.20 Å². The molecule has 0 radical (unpaired) electrons. The van der Waals surface area contributed by atoms with Gasteiger partial charge in [0.05, 0.1) is 5.56 Å². The smallest absolute Gasteiger partial charge is 0.280 e. The lowest BCUT2D eigenvalue weighted by molar-refractivity contribution is -0.116. The molecule has 1 aliphatic heterocycles. The second-order valence-corrected chi connectivity index (χ2v) is 5.78. The number of pyridine rings is 1. The minimum atomic E-state index is -0.449. The van der Waals surface area contributed by atoms with Crippen molar-refractivity contribution in [1.82, 2.24) is 9.88 Å². The number of hydrogen-bond donors (Lipinski definition) is 1. The molecule has 122 valence electrons. The molecule has 24 heavy (non-hydrogen) atoms. The van der Waals surface area contributed by atoms with Gasteiger partial charge >= 0.3 is 0 Å². The molecule has 0 spiro atoms. The third-order valence-electron chi connectivity index (χ3n) is 3.96. The minimum Gasteiger partial charge on any atom is -0.326 e. The van der Waals surface area contributed by atoms with E-state index < -0.39 is 11.8 Å². The van der Waals surface area contributed by atoms with Crippen LogP contribution in [-0.2, 0) is 4.79 Å². The number of aromatic nitrogens is 1. The van der Waals surface area contributed by atoms with Gasteiger partial charge in [-0.15, -0.1) is 0 Å². The Morgan fingerprint density at radius 2 is 1.96 bits per heavy atom. The van der Waals surface area contributed by atoms with Crippen LogP contribution < -0.4 is 5.32 Å². The highest BCUT2D eigenvalue weighted by atomic mass is 16.2. The highest BCUT2D eigenvalue weighted by Crippen LogP contribution is 2.21. The Kier molecular flexibility index (Phi) is 4.12. The zero-order chi connectivity index (χ0) is 17.3. The van der Waals surface area contributed by atoms with Crippen molar-refractivity contribution in [2.75, 3.05) is 11.9 Å². The molecule has 3 amide bonds. The van der Waals surface area contributed by atoms with Gasteiger partial charge in [0.25, 0.3) is 11.8 Å². The standard InChI is InChI=1S/C18H17N3O3/c1-11-5-6-12(2)14(10-11)20-15(22)7-9-21-17(23)13-4-3-8-19-16(13)18(21)24/h3-6,8,10H,7,9H2,1-2H3,(H,20,22). The number of hydrogen-bond acceptors (Lipinski definition) is 4. The molecule has 0 saturated heterocycles. The number of amides is 3. The molecule has 3 rings (SSSR count). The van der Waals surface area contributed by atoms with Crippen LogP contribution in [0.2, 0.25) is 0 Å². The van der Waals surface area contributed by atoms with E-state index in [1.54, 1.807) is 12.1 Å². The lowest BCUT2D eigenvalue weighted by atomic mass is 10.1. The number of nitrogens with one attached hydrogen (secondary N) is 1. The fourth-order valence-electron chi connectivity index (χ4n) is 2.61. The minimum absolute atomic E-state index is 0.0325. The number of imide groups is 1. The number of fused-ring (bicyclic) bond motifs is 1. The highest BCUT2D eigenvalue weighted by Gasteiger charge is 2.36. The lowest BCUT2D eigenvalue weighted by Crippen LogP contribution is -2.33. The van der Waals surface area contributed by atoms with E-state index >= 15 is 0 Å². The summed E-state index contributed by atoms with van der Waals surface area (Å²) in [5.41, 5.74) is 3.18. The summed E-state index contributed by atoms with van der Waals surface area (Å²) in [6, 6.07) is 8.97. The molecule has 0 atom stereocenters. The fourth-order valence-corrected chi connectivity index (χ4v) is 2.61. The van der Waals surface area contributed by atoms with Crippen LogP contribution in [0.3, 0.4) is 0 Å². The predicted molar refractivity (Wildman–Crippen MR) is 88.8 cm³/mol. The molecule has 6 heteroatoms. The van der Waals surface area contributed by atoms with Crippen molar-refractivity contribution in [2.45, 2.75) is 20.3 Å². The first kappa shape index (κ1) is 15.9. The Labute approximate surface area is 139 Å². The van der Waals surface area contributed by atoms with Crippen molar-refractivity contribution in [1.29, 1.82) is 0 Å². The van der Waals surface area contributed by atoms with Crippen LogP contribution in [0, 0.1) is 13.8 Å². The average Bonchev–Trinajstić information content (AvgIpc) is 2.81. The largest absolute Gasteiger partial charge is 0.326 e. The summed E-state index contributed by atoms with van der Waals surface area (Å²) in [5, 5.41) is 2.82.